The molecular weight excluding hydrogens is 308 g/mol. The van der Waals surface area contributed by atoms with Crippen molar-refractivity contribution in [3.63, 3.8) is 0 Å². The van der Waals surface area contributed by atoms with Crippen molar-refractivity contribution in [1.82, 2.24) is 4.72 Å². The highest BCUT2D eigenvalue weighted by Crippen LogP contribution is 2.24. The lowest BCUT2D eigenvalue weighted by atomic mass is 10.1. The number of nitrogen functional groups attached to an aromatic ring is 1. The summed E-state index contributed by atoms with van der Waals surface area (Å²) in [5.74, 6) is 0. The first-order valence-corrected chi connectivity index (χ1v) is 8.30. The van der Waals surface area contributed by atoms with E-state index in [1.54, 1.807) is 31.2 Å². The Morgan fingerprint density at radius 3 is 2.48 bits per heavy atom. The molecule has 0 aliphatic heterocycles. The molecular formula is C15H17ClN2O2S. The maximum Gasteiger partial charge on any atom is 0.241 e. The second-order valence-corrected chi connectivity index (χ2v) is 7.00. The summed E-state index contributed by atoms with van der Waals surface area (Å²) in [5.41, 5.74) is 7.78. The predicted molar refractivity (Wildman–Crippen MR) is 85.8 cm³/mol. The summed E-state index contributed by atoms with van der Waals surface area (Å²) >= 11 is 6.09. The molecule has 0 amide bonds. The third-order valence-corrected chi connectivity index (χ3v) is 5.15. The summed E-state index contributed by atoms with van der Waals surface area (Å²) in [6.45, 7) is 3.57. The third kappa shape index (κ3) is 3.56. The van der Waals surface area contributed by atoms with Crippen molar-refractivity contribution in [1.29, 1.82) is 0 Å². The standard InChI is InChI=1S/C15H17ClN2O2S/c1-10-7-8-12(9-15(10)17)21(19,20)18-11(2)13-5-3-4-6-14(13)16/h3-9,11,18H,17H2,1-2H3. The van der Waals surface area contributed by atoms with Gasteiger partial charge in [-0.25, -0.2) is 13.1 Å². The van der Waals surface area contributed by atoms with Crippen LogP contribution in [0.1, 0.15) is 24.1 Å². The molecule has 2 aromatic carbocycles. The van der Waals surface area contributed by atoms with Crippen molar-refractivity contribution in [3.05, 3.63) is 58.6 Å². The Kier molecular flexibility index (Phi) is 4.56. The molecule has 0 aliphatic carbocycles. The Bertz CT molecular complexity index is 760. The van der Waals surface area contributed by atoms with E-state index in [0.29, 0.717) is 10.7 Å². The van der Waals surface area contributed by atoms with Gasteiger partial charge in [0, 0.05) is 16.8 Å². The first-order chi connectivity index (χ1) is 9.81. The van der Waals surface area contributed by atoms with E-state index in [0.717, 1.165) is 11.1 Å². The number of sulfonamides is 1. The molecule has 0 spiro atoms. The van der Waals surface area contributed by atoms with Crippen LogP contribution in [0.4, 0.5) is 5.69 Å². The average Bonchev–Trinajstić information content (AvgIpc) is 2.41. The normalized spacial score (nSPS) is 13.1. The molecule has 0 saturated carbocycles. The molecule has 0 aliphatic rings. The number of rotatable bonds is 4. The molecule has 0 aromatic heterocycles. The van der Waals surface area contributed by atoms with E-state index in [2.05, 4.69) is 4.72 Å². The lowest BCUT2D eigenvalue weighted by Gasteiger charge is -2.16. The van der Waals surface area contributed by atoms with Crippen LogP contribution in [0.25, 0.3) is 0 Å². The number of hydrogen-bond donors (Lipinski definition) is 2. The molecule has 0 fully saturated rings. The first kappa shape index (κ1) is 15.8. The fourth-order valence-electron chi connectivity index (χ4n) is 1.98. The molecule has 0 heterocycles. The van der Waals surface area contributed by atoms with E-state index in [1.165, 1.54) is 12.1 Å². The summed E-state index contributed by atoms with van der Waals surface area (Å²) < 4.78 is 27.4. The summed E-state index contributed by atoms with van der Waals surface area (Å²) in [5, 5.41) is 0.524. The SMILES string of the molecule is Cc1ccc(S(=O)(=O)NC(C)c2ccccc2Cl)cc1N. The van der Waals surface area contributed by atoms with Crippen molar-refractivity contribution < 1.29 is 8.42 Å². The first-order valence-electron chi connectivity index (χ1n) is 6.44. The number of halogens is 1. The molecule has 1 atom stereocenters. The molecule has 4 nitrogen and oxygen atoms in total. The Balaban J connectivity index is 2.29. The van der Waals surface area contributed by atoms with Crippen LogP contribution in [-0.4, -0.2) is 8.42 Å². The van der Waals surface area contributed by atoms with Crippen LogP contribution < -0.4 is 10.5 Å². The quantitative estimate of drug-likeness (QED) is 0.848. The van der Waals surface area contributed by atoms with Crippen LogP contribution in [0.15, 0.2) is 47.4 Å². The van der Waals surface area contributed by atoms with Gasteiger partial charge in [0.1, 0.15) is 0 Å². The van der Waals surface area contributed by atoms with Crippen LogP contribution in [0, 0.1) is 6.92 Å². The van der Waals surface area contributed by atoms with Crippen molar-refractivity contribution in [2.75, 3.05) is 5.73 Å². The summed E-state index contributed by atoms with van der Waals surface area (Å²) in [7, 11) is -3.65. The number of hydrogen-bond acceptors (Lipinski definition) is 3. The van der Waals surface area contributed by atoms with Crippen molar-refractivity contribution in [2.24, 2.45) is 0 Å². The highest BCUT2D eigenvalue weighted by Gasteiger charge is 2.20. The van der Waals surface area contributed by atoms with Crippen LogP contribution >= 0.6 is 11.6 Å². The number of aryl methyl sites for hydroxylation is 1. The highest BCUT2D eigenvalue weighted by molar-refractivity contribution is 7.89. The topological polar surface area (TPSA) is 72.2 Å². The molecule has 0 bridgehead atoms. The van der Waals surface area contributed by atoms with Gasteiger partial charge in [-0.05, 0) is 43.2 Å². The zero-order valence-electron chi connectivity index (χ0n) is 11.8. The molecule has 2 aromatic rings. The minimum Gasteiger partial charge on any atom is -0.398 e. The van der Waals surface area contributed by atoms with Crippen LogP contribution in [0.2, 0.25) is 5.02 Å². The summed E-state index contributed by atoms with van der Waals surface area (Å²) in [6.07, 6.45) is 0. The van der Waals surface area contributed by atoms with Gasteiger partial charge in [-0.3, -0.25) is 0 Å². The second kappa shape index (κ2) is 6.05. The van der Waals surface area contributed by atoms with Crippen molar-refractivity contribution in [2.45, 2.75) is 24.8 Å². The minimum atomic E-state index is -3.65. The predicted octanol–water partition coefficient (Wildman–Crippen LogP) is 3.27. The Labute approximate surface area is 130 Å². The fourth-order valence-corrected chi connectivity index (χ4v) is 3.53. The molecule has 0 saturated heterocycles. The maximum atomic E-state index is 12.4. The van der Waals surface area contributed by atoms with Crippen LogP contribution in [-0.2, 0) is 10.0 Å². The van der Waals surface area contributed by atoms with Gasteiger partial charge in [0.15, 0.2) is 0 Å². The zero-order chi connectivity index (χ0) is 15.6. The molecule has 112 valence electrons. The zero-order valence-corrected chi connectivity index (χ0v) is 13.4. The smallest absolute Gasteiger partial charge is 0.241 e. The van der Waals surface area contributed by atoms with Crippen molar-refractivity contribution >= 4 is 27.3 Å². The van der Waals surface area contributed by atoms with Gasteiger partial charge in [0.2, 0.25) is 10.0 Å². The summed E-state index contributed by atoms with van der Waals surface area (Å²) in [6, 6.07) is 11.4. The molecule has 1 unspecified atom stereocenters. The lowest BCUT2D eigenvalue weighted by molar-refractivity contribution is 0.567. The van der Waals surface area contributed by atoms with E-state index in [-0.39, 0.29) is 4.90 Å². The van der Waals surface area contributed by atoms with Crippen LogP contribution in [0.5, 0.6) is 0 Å². The van der Waals surface area contributed by atoms with Gasteiger partial charge >= 0.3 is 0 Å². The number of nitrogens with two attached hydrogens (primary N) is 1. The van der Waals surface area contributed by atoms with Crippen molar-refractivity contribution in [3.8, 4) is 0 Å². The monoisotopic (exact) mass is 324 g/mol. The Hall–Kier alpha value is -1.56. The van der Waals surface area contributed by atoms with Gasteiger partial charge < -0.3 is 5.73 Å². The van der Waals surface area contributed by atoms with Gasteiger partial charge in [0.05, 0.1) is 4.90 Å². The van der Waals surface area contributed by atoms with Gasteiger partial charge in [0.25, 0.3) is 0 Å². The molecule has 21 heavy (non-hydrogen) atoms. The lowest BCUT2D eigenvalue weighted by Crippen LogP contribution is -2.27. The van der Waals surface area contributed by atoms with Gasteiger partial charge in [-0.2, -0.15) is 0 Å². The van der Waals surface area contributed by atoms with Crippen LogP contribution in [0.3, 0.4) is 0 Å². The maximum absolute atomic E-state index is 12.4. The minimum absolute atomic E-state index is 0.143. The highest BCUT2D eigenvalue weighted by atomic mass is 35.5. The van der Waals surface area contributed by atoms with Gasteiger partial charge in [-0.1, -0.05) is 35.9 Å². The molecule has 3 N–H and O–H groups in total. The molecule has 0 radical (unpaired) electrons. The molecule has 6 heteroatoms. The number of benzene rings is 2. The summed E-state index contributed by atoms with van der Waals surface area (Å²) in [4.78, 5) is 0.143. The van der Waals surface area contributed by atoms with E-state index < -0.39 is 16.1 Å². The number of nitrogens with one attached hydrogen (secondary N) is 1. The largest absolute Gasteiger partial charge is 0.398 e. The average molecular weight is 325 g/mol. The van der Waals surface area contributed by atoms with Gasteiger partial charge in [-0.15, -0.1) is 0 Å². The van der Waals surface area contributed by atoms with E-state index in [9.17, 15) is 8.42 Å². The number of anilines is 1. The second-order valence-electron chi connectivity index (χ2n) is 4.88. The molecule has 2 rings (SSSR count). The van der Waals surface area contributed by atoms with E-state index in [1.807, 2.05) is 13.0 Å². The Morgan fingerprint density at radius 2 is 1.86 bits per heavy atom. The third-order valence-electron chi connectivity index (χ3n) is 3.26. The fraction of sp³-hybridized carbons (Fsp3) is 0.200. The van der Waals surface area contributed by atoms with E-state index >= 15 is 0 Å². The Morgan fingerprint density at radius 1 is 1.19 bits per heavy atom. The van der Waals surface area contributed by atoms with E-state index in [4.69, 9.17) is 17.3 Å².